The van der Waals surface area contributed by atoms with E-state index < -0.39 is 0 Å². The van der Waals surface area contributed by atoms with Crippen LogP contribution in [0.3, 0.4) is 0 Å². The Labute approximate surface area is 129 Å². The Morgan fingerprint density at radius 2 is 0.750 bits per heavy atom. The molecular weight excluding hydrogens is 240 g/mol. The maximum Gasteiger partial charge on any atom is -0.0353 e. The van der Waals surface area contributed by atoms with Gasteiger partial charge in [-0.15, -0.1) is 6.58 Å². The third kappa shape index (κ3) is 17.7. The SMILES string of the molecule is [CH2]CCCCCCCCCCCCCCCCCC=C. The van der Waals surface area contributed by atoms with Crippen molar-refractivity contribution in [3.05, 3.63) is 19.6 Å². The van der Waals surface area contributed by atoms with Crippen LogP contribution in [0.25, 0.3) is 0 Å². The van der Waals surface area contributed by atoms with Crippen molar-refractivity contribution in [1.82, 2.24) is 0 Å². The van der Waals surface area contributed by atoms with E-state index in [4.69, 9.17) is 0 Å². The van der Waals surface area contributed by atoms with Gasteiger partial charge >= 0.3 is 0 Å². The van der Waals surface area contributed by atoms with Crippen molar-refractivity contribution in [2.75, 3.05) is 0 Å². The Kier molecular flexibility index (Phi) is 18.5. The Morgan fingerprint density at radius 3 is 1.05 bits per heavy atom. The molecule has 0 aliphatic heterocycles. The number of allylic oxidation sites excluding steroid dienone is 1. The highest BCUT2D eigenvalue weighted by Gasteiger charge is 1.94. The smallest absolute Gasteiger partial charge is 0.0353 e. The Bertz CT molecular complexity index is 171. The van der Waals surface area contributed by atoms with Gasteiger partial charge in [-0.2, -0.15) is 0 Å². The van der Waals surface area contributed by atoms with Crippen LogP contribution in [0.5, 0.6) is 0 Å². The first-order valence-electron chi connectivity index (χ1n) is 9.32. The second-order valence-corrected chi connectivity index (χ2v) is 6.23. The van der Waals surface area contributed by atoms with E-state index in [0.717, 1.165) is 6.42 Å². The van der Waals surface area contributed by atoms with Crippen LogP contribution >= 0.6 is 0 Å². The molecule has 0 aromatic carbocycles. The monoisotopic (exact) mass is 279 g/mol. The molecule has 0 aliphatic rings. The molecule has 119 valence electrons. The molecule has 0 atom stereocenters. The minimum absolute atomic E-state index is 1.12. The fourth-order valence-corrected chi connectivity index (χ4v) is 2.76. The second kappa shape index (κ2) is 18.7. The van der Waals surface area contributed by atoms with Gasteiger partial charge in [-0.05, 0) is 12.8 Å². The van der Waals surface area contributed by atoms with Crippen LogP contribution in [0.15, 0.2) is 12.7 Å². The normalized spacial score (nSPS) is 10.8. The Hall–Kier alpha value is -0.260. The molecular formula is C20H39. The van der Waals surface area contributed by atoms with Crippen LogP contribution in [0.1, 0.15) is 109 Å². The third-order valence-corrected chi connectivity index (χ3v) is 4.16. The van der Waals surface area contributed by atoms with Crippen molar-refractivity contribution in [1.29, 1.82) is 0 Å². The molecule has 0 N–H and O–H groups in total. The predicted octanol–water partition coefficient (Wildman–Crippen LogP) is 7.64. The summed E-state index contributed by atoms with van der Waals surface area (Å²) in [6.07, 6.45) is 25.8. The van der Waals surface area contributed by atoms with Gasteiger partial charge < -0.3 is 0 Å². The van der Waals surface area contributed by atoms with Gasteiger partial charge in [0.05, 0.1) is 0 Å². The first kappa shape index (κ1) is 19.7. The van der Waals surface area contributed by atoms with E-state index in [9.17, 15) is 0 Å². The topological polar surface area (TPSA) is 0 Å². The first-order valence-corrected chi connectivity index (χ1v) is 9.32. The van der Waals surface area contributed by atoms with E-state index in [0.29, 0.717) is 0 Å². The summed E-state index contributed by atoms with van der Waals surface area (Å²) in [5.74, 6) is 0. The second-order valence-electron chi connectivity index (χ2n) is 6.23. The number of rotatable bonds is 17. The number of hydrogen-bond donors (Lipinski definition) is 0. The summed E-state index contributed by atoms with van der Waals surface area (Å²) in [4.78, 5) is 0. The molecule has 0 heterocycles. The molecule has 0 aromatic rings. The standard InChI is InChI=1S/C20H39/c1-3-5-7-9-11-13-15-17-19-20-18-16-14-12-10-8-6-4-2/h3H,1-2,4-20H2. The molecule has 1 radical (unpaired) electrons. The zero-order chi connectivity index (χ0) is 14.7. The average molecular weight is 280 g/mol. The van der Waals surface area contributed by atoms with Crippen LogP contribution in [-0.4, -0.2) is 0 Å². The average Bonchev–Trinajstić information content (AvgIpc) is 2.47. The van der Waals surface area contributed by atoms with E-state index in [1.807, 2.05) is 6.08 Å². The summed E-state index contributed by atoms with van der Waals surface area (Å²) >= 11 is 0. The van der Waals surface area contributed by atoms with Crippen molar-refractivity contribution in [2.24, 2.45) is 0 Å². The van der Waals surface area contributed by atoms with Crippen molar-refractivity contribution in [2.45, 2.75) is 109 Å². The quantitative estimate of drug-likeness (QED) is 0.189. The van der Waals surface area contributed by atoms with E-state index in [1.165, 1.54) is 103 Å². The molecule has 0 unspecified atom stereocenters. The van der Waals surface area contributed by atoms with Gasteiger partial charge in [-0.25, -0.2) is 0 Å². The van der Waals surface area contributed by atoms with Crippen LogP contribution in [-0.2, 0) is 0 Å². The Morgan fingerprint density at radius 1 is 0.450 bits per heavy atom. The van der Waals surface area contributed by atoms with Gasteiger partial charge in [0.15, 0.2) is 0 Å². The minimum Gasteiger partial charge on any atom is -0.103 e. The fraction of sp³-hybridized carbons (Fsp3) is 0.850. The lowest BCUT2D eigenvalue weighted by molar-refractivity contribution is 0.531. The van der Waals surface area contributed by atoms with Crippen molar-refractivity contribution in [3.8, 4) is 0 Å². The molecule has 0 rings (SSSR count). The molecule has 0 amide bonds. The van der Waals surface area contributed by atoms with Crippen LogP contribution < -0.4 is 0 Å². The van der Waals surface area contributed by atoms with Gasteiger partial charge in [-0.3, -0.25) is 0 Å². The lowest BCUT2D eigenvalue weighted by Crippen LogP contribution is -1.83. The van der Waals surface area contributed by atoms with Gasteiger partial charge in [0.1, 0.15) is 0 Å². The van der Waals surface area contributed by atoms with Gasteiger partial charge in [0.25, 0.3) is 0 Å². The molecule has 0 saturated carbocycles. The Balaban J connectivity index is 2.90. The first-order chi connectivity index (χ1) is 9.91. The highest BCUT2D eigenvalue weighted by Crippen LogP contribution is 2.13. The van der Waals surface area contributed by atoms with Gasteiger partial charge in [-0.1, -0.05) is 109 Å². The molecule has 20 heavy (non-hydrogen) atoms. The van der Waals surface area contributed by atoms with E-state index in [-0.39, 0.29) is 0 Å². The zero-order valence-corrected chi connectivity index (χ0v) is 14.0. The summed E-state index contributed by atoms with van der Waals surface area (Å²) < 4.78 is 0. The molecule has 0 saturated heterocycles. The van der Waals surface area contributed by atoms with Gasteiger partial charge in [0, 0.05) is 0 Å². The zero-order valence-electron chi connectivity index (χ0n) is 14.0. The molecule has 0 fully saturated rings. The third-order valence-electron chi connectivity index (χ3n) is 4.16. The maximum atomic E-state index is 3.89. The molecule has 0 bridgehead atoms. The lowest BCUT2D eigenvalue weighted by Gasteiger charge is -2.03. The van der Waals surface area contributed by atoms with E-state index in [2.05, 4.69) is 13.5 Å². The molecule has 0 aromatic heterocycles. The largest absolute Gasteiger partial charge is 0.103 e. The molecule has 0 heteroatoms. The summed E-state index contributed by atoms with van der Waals surface area (Å²) in [5, 5.41) is 0. The predicted molar refractivity (Wildman–Crippen MR) is 94.0 cm³/mol. The van der Waals surface area contributed by atoms with Crippen LogP contribution in [0.4, 0.5) is 0 Å². The molecule has 0 spiro atoms. The minimum atomic E-state index is 1.12. The van der Waals surface area contributed by atoms with Crippen molar-refractivity contribution in [3.63, 3.8) is 0 Å². The summed E-state index contributed by atoms with van der Waals surface area (Å²) in [7, 11) is 0. The van der Waals surface area contributed by atoms with Gasteiger partial charge in [0.2, 0.25) is 0 Å². The van der Waals surface area contributed by atoms with Crippen LogP contribution in [0, 0.1) is 6.92 Å². The van der Waals surface area contributed by atoms with Crippen molar-refractivity contribution < 1.29 is 0 Å². The number of hydrogen-bond acceptors (Lipinski definition) is 0. The number of unbranched alkanes of at least 4 members (excludes halogenated alkanes) is 16. The van der Waals surface area contributed by atoms with Crippen molar-refractivity contribution >= 4 is 0 Å². The molecule has 0 nitrogen and oxygen atoms in total. The van der Waals surface area contributed by atoms with E-state index >= 15 is 0 Å². The highest BCUT2D eigenvalue weighted by atomic mass is 14.0. The maximum absolute atomic E-state index is 3.89. The summed E-state index contributed by atoms with van der Waals surface area (Å²) in [5.41, 5.74) is 0. The highest BCUT2D eigenvalue weighted by molar-refractivity contribution is 4.65. The summed E-state index contributed by atoms with van der Waals surface area (Å²) in [6, 6.07) is 0. The van der Waals surface area contributed by atoms with Crippen LogP contribution in [0.2, 0.25) is 0 Å². The van der Waals surface area contributed by atoms with E-state index in [1.54, 1.807) is 0 Å². The lowest BCUT2D eigenvalue weighted by atomic mass is 10.0. The fourth-order valence-electron chi connectivity index (χ4n) is 2.76. The summed E-state index contributed by atoms with van der Waals surface area (Å²) in [6.45, 7) is 7.65. The molecule has 0 aliphatic carbocycles.